The molecule has 2 aliphatic heterocycles. The van der Waals surface area contributed by atoms with Gasteiger partial charge in [-0.3, -0.25) is 4.79 Å². The number of fused-ring (bicyclic) bond motifs is 3. The maximum Gasteiger partial charge on any atom is 0.254 e. The minimum atomic E-state index is -1.22. The second kappa shape index (κ2) is 6.14. The van der Waals surface area contributed by atoms with Gasteiger partial charge >= 0.3 is 0 Å². The summed E-state index contributed by atoms with van der Waals surface area (Å²) in [6.45, 7) is 1.88. The highest BCUT2D eigenvalue weighted by molar-refractivity contribution is 5.98. The fourth-order valence-electron chi connectivity index (χ4n) is 5.03. The van der Waals surface area contributed by atoms with Crippen LogP contribution in [-0.2, 0) is 5.60 Å². The van der Waals surface area contributed by atoms with Gasteiger partial charge < -0.3 is 15.0 Å². The lowest BCUT2D eigenvalue weighted by molar-refractivity contribution is -0.0500. The number of aromatic nitrogens is 2. The van der Waals surface area contributed by atoms with Crippen molar-refractivity contribution in [2.45, 2.75) is 50.3 Å². The number of aryl methyl sites for hydroxylation is 1. The molecule has 0 saturated carbocycles. The normalized spacial score (nSPS) is 26.8. The number of carbonyl (C=O) groups is 1. The number of rotatable bonds is 2. The van der Waals surface area contributed by atoms with Gasteiger partial charge in [0.05, 0.1) is 16.6 Å². The van der Waals surface area contributed by atoms with Gasteiger partial charge in [0.1, 0.15) is 11.6 Å². The quantitative estimate of drug-likeness (QED) is 0.714. The van der Waals surface area contributed by atoms with Crippen LogP contribution in [0, 0.1) is 12.7 Å². The van der Waals surface area contributed by atoms with E-state index in [-0.39, 0.29) is 23.8 Å². The van der Waals surface area contributed by atoms with Gasteiger partial charge in [0.2, 0.25) is 0 Å². The number of nitrogens with one attached hydrogen (secondary N) is 1. The number of hydrogen-bond acceptors (Lipinski definition) is 3. The highest BCUT2D eigenvalue weighted by atomic mass is 19.1. The number of aromatic amines is 1. The highest BCUT2D eigenvalue weighted by Crippen LogP contribution is 2.46. The van der Waals surface area contributed by atoms with Crippen LogP contribution in [0.5, 0.6) is 0 Å². The number of aliphatic hydroxyl groups is 1. The third-order valence-electron chi connectivity index (χ3n) is 6.22. The molecule has 5 nitrogen and oxygen atoms in total. The molecule has 2 saturated heterocycles. The highest BCUT2D eigenvalue weighted by Gasteiger charge is 2.50. The van der Waals surface area contributed by atoms with Gasteiger partial charge in [-0.15, -0.1) is 0 Å². The summed E-state index contributed by atoms with van der Waals surface area (Å²) in [6.07, 6.45) is 2.39. The van der Waals surface area contributed by atoms with E-state index in [1.807, 2.05) is 30.0 Å². The van der Waals surface area contributed by atoms with E-state index in [4.69, 9.17) is 0 Å². The number of hydrogen-bond donors (Lipinski definition) is 2. The van der Waals surface area contributed by atoms with Crippen LogP contribution in [0.4, 0.5) is 4.39 Å². The van der Waals surface area contributed by atoms with Gasteiger partial charge in [-0.2, -0.15) is 0 Å². The summed E-state index contributed by atoms with van der Waals surface area (Å²) >= 11 is 0. The Kier molecular flexibility index (Phi) is 3.81. The van der Waals surface area contributed by atoms with Crippen molar-refractivity contribution in [1.82, 2.24) is 14.9 Å². The van der Waals surface area contributed by atoms with Crippen molar-refractivity contribution in [3.63, 3.8) is 0 Å². The van der Waals surface area contributed by atoms with Gasteiger partial charge in [-0.05, 0) is 44.0 Å². The summed E-state index contributed by atoms with van der Waals surface area (Å²) in [5.74, 6) is 0.397. The zero-order chi connectivity index (χ0) is 19.5. The molecule has 6 heteroatoms. The molecule has 2 N–H and O–H groups in total. The number of carbonyl (C=O) groups excluding carboxylic acids is 1. The molecule has 3 aromatic rings. The Bertz CT molecular complexity index is 1060. The standard InChI is InChI=1S/C22H22FN3O2/c1-13-24-19-9-6-14(10-20(19)25-13)21(27)26-15-7-8-16(26)12-22(28,11-15)17-4-2-3-5-18(17)23/h2-6,9-10,15-16,28H,7-8,11-12H2,1H3,(H,24,25)/t15-,16-/m0/s1. The van der Waals surface area contributed by atoms with Crippen LogP contribution in [0.25, 0.3) is 11.0 Å². The minimum absolute atomic E-state index is 0.0303. The van der Waals surface area contributed by atoms with E-state index < -0.39 is 5.60 Å². The molecular formula is C22H22FN3O2. The summed E-state index contributed by atoms with van der Waals surface area (Å²) in [6, 6.07) is 11.7. The van der Waals surface area contributed by atoms with E-state index in [0.29, 0.717) is 24.0 Å². The lowest BCUT2D eigenvalue weighted by atomic mass is 9.80. The molecule has 1 aromatic heterocycles. The van der Waals surface area contributed by atoms with Gasteiger partial charge in [0.15, 0.2) is 0 Å². The largest absolute Gasteiger partial charge is 0.385 e. The number of nitrogens with zero attached hydrogens (tertiary/aromatic N) is 2. The van der Waals surface area contributed by atoms with Crippen LogP contribution in [0.15, 0.2) is 42.5 Å². The summed E-state index contributed by atoms with van der Waals surface area (Å²) in [7, 11) is 0. The number of imidazole rings is 1. The molecule has 0 unspecified atom stereocenters. The van der Waals surface area contributed by atoms with Gasteiger partial charge in [0, 0.05) is 36.1 Å². The molecule has 1 amide bonds. The predicted molar refractivity (Wildman–Crippen MR) is 103 cm³/mol. The molecule has 2 aliphatic rings. The second-order valence-corrected chi connectivity index (χ2v) is 8.07. The molecule has 28 heavy (non-hydrogen) atoms. The maximum atomic E-state index is 14.3. The Hall–Kier alpha value is -2.73. The Morgan fingerprint density at radius 1 is 1.21 bits per heavy atom. The van der Waals surface area contributed by atoms with E-state index >= 15 is 0 Å². The Balaban J connectivity index is 1.44. The molecule has 0 radical (unpaired) electrons. The van der Waals surface area contributed by atoms with Crippen molar-refractivity contribution >= 4 is 16.9 Å². The number of benzene rings is 2. The lowest BCUT2D eigenvalue weighted by Gasteiger charge is -2.44. The van der Waals surface area contributed by atoms with Crippen LogP contribution in [0.1, 0.15) is 47.4 Å². The van der Waals surface area contributed by atoms with Crippen molar-refractivity contribution in [1.29, 1.82) is 0 Å². The van der Waals surface area contributed by atoms with Gasteiger partial charge in [-0.1, -0.05) is 18.2 Å². The van der Waals surface area contributed by atoms with Crippen LogP contribution in [0.3, 0.4) is 0 Å². The summed E-state index contributed by atoms with van der Waals surface area (Å²) < 4.78 is 14.3. The molecule has 144 valence electrons. The fraction of sp³-hybridized carbons (Fsp3) is 0.364. The zero-order valence-corrected chi connectivity index (χ0v) is 15.7. The second-order valence-electron chi connectivity index (χ2n) is 8.07. The third-order valence-corrected chi connectivity index (χ3v) is 6.22. The Morgan fingerprint density at radius 3 is 2.64 bits per heavy atom. The summed E-state index contributed by atoms with van der Waals surface area (Å²) in [5, 5.41) is 11.2. The first-order chi connectivity index (χ1) is 13.4. The van der Waals surface area contributed by atoms with Crippen molar-refractivity contribution in [2.24, 2.45) is 0 Å². The van der Waals surface area contributed by atoms with Crippen molar-refractivity contribution in [3.05, 3.63) is 65.2 Å². The first-order valence-corrected chi connectivity index (χ1v) is 9.71. The predicted octanol–water partition coefficient (Wildman–Crippen LogP) is 3.67. The van der Waals surface area contributed by atoms with Gasteiger partial charge in [-0.25, -0.2) is 9.37 Å². The average molecular weight is 379 g/mol. The molecular weight excluding hydrogens is 357 g/mol. The van der Waals surface area contributed by atoms with Crippen molar-refractivity contribution in [3.8, 4) is 0 Å². The third kappa shape index (κ3) is 2.63. The van der Waals surface area contributed by atoms with Crippen molar-refractivity contribution < 1.29 is 14.3 Å². The lowest BCUT2D eigenvalue weighted by Crippen LogP contribution is -2.52. The smallest absolute Gasteiger partial charge is 0.254 e. The monoisotopic (exact) mass is 379 g/mol. The maximum absolute atomic E-state index is 14.3. The number of piperidine rings is 1. The van der Waals surface area contributed by atoms with Crippen LogP contribution >= 0.6 is 0 Å². The van der Waals surface area contributed by atoms with Crippen molar-refractivity contribution in [2.75, 3.05) is 0 Å². The summed E-state index contributed by atoms with van der Waals surface area (Å²) in [4.78, 5) is 22.7. The van der Waals surface area contributed by atoms with Crippen LogP contribution in [-0.4, -0.2) is 38.0 Å². The molecule has 2 atom stereocenters. The average Bonchev–Trinajstić information content (AvgIpc) is 3.17. The molecule has 2 aromatic carbocycles. The van der Waals surface area contributed by atoms with E-state index in [1.54, 1.807) is 18.2 Å². The van der Waals surface area contributed by atoms with Crippen LogP contribution < -0.4 is 0 Å². The summed E-state index contributed by atoms with van der Waals surface area (Å²) in [5.41, 5.74) is 1.41. The molecule has 0 aliphatic carbocycles. The van der Waals surface area contributed by atoms with E-state index in [9.17, 15) is 14.3 Å². The minimum Gasteiger partial charge on any atom is -0.385 e. The molecule has 5 rings (SSSR count). The van der Waals surface area contributed by atoms with Gasteiger partial charge in [0.25, 0.3) is 5.91 Å². The number of amides is 1. The van der Waals surface area contributed by atoms with Crippen LogP contribution in [0.2, 0.25) is 0 Å². The van der Waals surface area contributed by atoms with E-state index in [2.05, 4.69) is 9.97 Å². The molecule has 2 fully saturated rings. The SMILES string of the molecule is Cc1nc2ccc(C(=O)N3[C@H]4CC[C@H]3CC(O)(c3ccccc3F)C4)cc2[nH]1. The molecule has 3 heterocycles. The molecule has 2 bridgehead atoms. The Labute approximate surface area is 162 Å². The fourth-order valence-corrected chi connectivity index (χ4v) is 5.03. The topological polar surface area (TPSA) is 69.2 Å². The molecule has 0 spiro atoms. The number of halogens is 1. The number of H-pyrrole nitrogens is 1. The first-order valence-electron chi connectivity index (χ1n) is 9.71. The zero-order valence-electron chi connectivity index (χ0n) is 15.7. The van der Waals surface area contributed by atoms with E-state index in [0.717, 1.165) is 29.7 Å². The first kappa shape index (κ1) is 17.4. The Morgan fingerprint density at radius 2 is 1.93 bits per heavy atom. The van der Waals surface area contributed by atoms with E-state index in [1.165, 1.54) is 6.07 Å².